The number of anilines is 3. The monoisotopic (exact) mass is 913 g/mol. The van der Waals surface area contributed by atoms with Crippen molar-refractivity contribution in [2.45, 2.75) is 5.41 Å². The first-order valence-electron chi connectivity index (χ1n) is 25.0. The van der Waals surface area contributed by atoms with Gasteiger partial charge in [-0.3, -0.25) is 0 Å². The second-order valence-electron chi connectivity index (χ2n) is 19.1. The second-order valence-corrected chi connectivity index (χ2v) is 19.1. The molecule has 0 heterocycles. The van der Waals surface area contributed by atoms with E-state index in [0.717, 1.165) is 17.1 Å². The fourth-order valence-corrected chi connectivity index (χ4v) is 12.2. The van der Waals surface area contributed by atoms with Crippen LogP contribution < -0.4 is 4.90 Å². The molecular weight excluding hydrogens is 867 g/mol. The van der Waals surface area contributed by atoms with Crippen LogP contribution in [0.1, 0.15) is 22.3 Å². The molecule has 1 heteroatoms. The molecule has 0 amide bonds. The minimum absolute atomic E-state index is 0.551. The average Bonchev–Trinajstić information content (AvgIpc) is 3.76. The standard InChI is InChI=1S/C71H47N/c1-5-21-49(22-6-1)69-64-35-18-17-32-59(64)61-43-41-55(46-66(61)70(69)50-23-7-2-8-24-50)72(54-39-37-48(38-40-54)65-45-51-25-13-14-30-57(51)58-31-15-16-33-60(58)65)56-42-44-63-62-34-19-20-36-67(62)71(68(63)47-56,52-26-9-3-10-27-52)53-28-11-4-12-29-53/h1-47H. The molecule has 336 valence electrons. The van der Waals surface area contributed by atoms with E-state index in [0.29, 0.717) is 0 Å². The van der Waals surface area contributed by atoms with Gasteiger partial charge in [-0.2, -0.15) is 0 Å². The number of rotatable bonds is 8. The third kappa shape index (κ3) is 6.48. The van der Waals surface area contributed by atoms with Crippen LogP contribution in [0, 0.1) is 0 Å². The molecule has 0 atom stereocenters. The fourth-order valence-electron chi connectivity index (χ4n) is 12.2. The Morgan fingerprint density at radius 2 is 0.694 bits per heavy atom. The van der Waals surface area contributed by atoms with Gasteiger partial charge in [-0.15, -0.1) is 0 Å². The summed E-state index contributed by atoms with van der Waals surface area (Å²) in [4.78, 5) is 2.48. The van der Waals surface area contributed by atoms with E-state index in [2.05, 4.69) is 290 Å². The Bertz CT molecular complexity index is 4140. The van der Waals surface area contributed by atoms with E-state index < -0.39 is 5.41 Å². The van der Waals surface area contributed by atoms with Crippen LogP contribution in [-0.2, 0) is 5.41 Å². The van der Waals surface area contributed by atoms with Gasteiger partial charge < -0.3 is 4.90 Å². The Labute approximate surface area is 420 Å². The Balaban J connectivity index is 1.04. The summed E-state index contributed by atoms with van der Waals surface area (Å²) in [6, 6.07) is 106. The van der Waals surface area contributed by atoms with Crippen LogP contribution in [-0.4, -0.2) is 0 Å². The van der Waals surface area contributed by atoms with Gasteiger partial charge in [-0.25, -0.2) is 0 Å². The largest absolute Gasteiger partial charge is 0.310 e. The molecule has 0 aliphatic heterocycles. The lowest BCUT2D eigenvalue weighted by Crippen LogP contribution is -2.28. The SMILES string of the molecule is c1ccc(-c2c(-c3ccccc3)c3cc(N(c4ccc(-c5cc6ccccc6c6ccccc56)cc4)c4ccc5c(c4)C(c4ccccc4)(c4ccccc4)c4ccccc4-5)ccc3c3ccccc23)cc1. The molecule has 0 bridgehead atoms. The highest BCUT2D eigenvalue weighted by Gasteiger charge is 2.46. The highest BCUT2D eigenvalue weighted by atomic mass is 15.1. The Morgan fingerprint density at radius 3 is 1.36 bits per heavy atom. The van der Waals surface area contributed by atoms with Crippen LogP contribution in [0.2, 0.25) is 0 Å². The minimum atomic E-state index is -0.551. The molecule has 0 aromatic heterocycles. The average molecular weight is 914 g/mol. The van der Waals surface area contributed by atoms with Gasteiger partial charge >= 0.3 is 0 Å². The molecule has 0 radical (unpaired) electrons. The molecule has 1 nitrogen and oxygen atoms in total. The third-order valence-electron chi connectivity index (χ3n) is 15.3. The van der Waals surface area contributed by atoms with E-state index in [1.54, 1.807) is 0 Å². The molecule has 72 heavy (non-hydrogen) atoms. The summed E-state index contributed by atoms with van der Waals surface area (Å²) in [5.41, 5.74) is 17.5. The molecule has 0 unspecified atom stereocenters. The fraction of sp³-hybridized carbons (Fsp3) is 0.0141. The summed E-state index contributed by atoms with van der Waals surface area (Å²) in [7, 11) is 0. The van der Waals surface area contributed by atoms with Crippen LogP contribution in [0.25, 0.3) is 87.6 Å². The number of fused-ring (bicyclic) bond motifs is 9. The van der Waals surface area contributed by atoms with Crippen LogP contribution in [0.3, 0.4) is 0 Å². The van der Waals surface area contributed by atoms with Crippen molar-refractivity contribution in [2.24, 2.45) is 0 Å². The lowest BCUT2D eigenvalue weighted by molar-refractivity contribution is 0.768. The molecule has 0 saturated heterocycles. The smallest absolute Gasteiger partial charge is 0.0714 e. The van der Waals surface area contributed by atoms with E-state index in [4.69, 9.17) is 0 Å². The molecule has 14 rings (SSSR count). The number of hydrogen-bond acceptors (Lipinski definition) is 1. The van der Waals surface area contributed by atoms with Gasteiger partial charge in [-0.1, -0.05) is 243 Å². The van der Waals surface area contributed by atoms with Gasteiger partial charge in [0, 0.05) is 17.1 Å². The third-order valence-corrected chi connectivity index (χ3v) is 15.3. The van der Waals surface area contributed by atoms with E-state index >= 15 is 0 Å². The predicted molar refractivity (Wildman–Crippen MR) is 305 cm³/mol. The first-order chi connectivity index (χ1) is 35.7. The molecule has 13 aromatic rings. The lowest BCUT2D eigenvalue weighted by Gasteiger charge is -2.35. The second kappa shape index (κ2) is 17.0. The van der Waals surface area contributed by atoms with Crippen LogP contribution in [0.15, 0.2) is 285 Å². The molecule has 1 aliphatic rings. The maximum absolute atomic E-state index is 2.48. The summed E-state index contributed by atoms with van der Waals surface area (Å²) in [5, 5.41) is 9.94. The highest BCUT2D eigenvalue weighted by molar-refractivity contribution is 6.22. The van der Waals surface area contributed by atoms with Crippen molar-refractivity contribution in [1.29, 1.82) is 0 Å². The summed E-state index contributed by atoms with van der Waals surface area (Å²) < 4.78 is 0. The summed E-state index contributed by atoms with van der Waals surface area (Å²) in [6.45, 7) is 0. The van der Waals surface area contributed by atoms with Crippen molar-refractivity contribution in [3.05, 3.63) is 307 Å². The summed E-state index contributed by atoms with van der Waals surface area (Å²) in [5.74, 6) is 0. The van der Waals surface area contributed by atoms with Crippen LogP contribution in [0.4, 0.5) is 17.1 Å². The first-order valence-corrected chi connectivity index (χ1v) is 25.0. The summed E-state index contributed by atoms with van der Waals surface area (Å²) in [6.07, 6.45) is 0. The molecular formula is C71H47N. The Morgan fingerprint density at radius 1 is 0.236 bits per heavy atom. The zero-order valence-electron chi connectivity index (χ0n) is 39.6. The van der Waals surface area contributed by atoms with Crippen molar-refractivity contribution < 1.29 is 0 Å². The maximum atomic E-state index is 2.48. The van der Waals surface area contributed by atoms with Gasteiger partial charge in [0.05, 0.1) is 5.41 Å². The van der Waals surface area contributed by atoms with Gasteiger partial charge in [0.15, 0.2) is 0 Å². The van der Waals surface area contributed by atoms with Gasteiger partial charge in [0.2, 0.25) is 0 Å². The molecule has 0 spiro atoms. The van der Waals surface area contributed by atoms with Crippen molar-refractivity contribution in [1.82, 2.24) is 0 Å². The first kappa shape index (κ1) is 41.7. The van der Waals surface area contributed by atoms with Gasteiger partial charge in [0.1, 0.15) is 0 Å². The van der Waals surface area contributed by atoms with Gasteiger partial charge in [0.25, 0.3) is 0 Å². The zero-order valence-corrected chi connectivity index (χ0v) is 39.6. The topological polar surface area (TPSA) is 3.24 Å². The number of benzene rings is 13. The van der Waals surface area contributed by atoms with E-state index in [-0.39, 0.29) is 0 Å². The maximum Gasteiger partial charge on any atom is 0.0714 e. The van der Waals surface area contributed by atoms with E-state index in [1.165, 1.54) is 110 Å². The van der Waals surface area contributed by atoms with Crippen molar-refractivity contribution in [3.63, 3.8) is 0 Å². The quantitative estimate of drug-likeness (QED) is 0.137. The Hall–Kier alpha value is -9.30. The molecule has 13 aromatic carbocycles. The molecule has 0 saturated carbocycles. The molecule has 1 aliphatic carbocycles. The Kier molecular flexibility index (Phi) is 9.82. The predicted octanol–water partition coefficient (Wildman–Crippen LogP) is 19.1. The zero-order chi connectivity index (χ0) is 47.6. The van der Waals surface area contributed by atoms with E-state index in [1.807, 2.05) is 0 Å². The van der Waals surface area contributed by atoms with Crippen molar-refractivity contribution in [3.8, 4) is 44.5 Å². The van der Waals surface area contributed by atoms with Gasteiger partial charge in [-0.05, 0) is 152 Å². The lowest BCUT2D eigenvalue weighted by atomic mass is 9.67. The summed E-state index contributed by atoms with van der Waals surface area (Å²) >= 11 is 0. The minimum Gasteiger partial charge on any atom is -0.310 e. The normalized spacial score (nSPS) is 12.6. The van der Waals surface area contributed by atoms with Crippen molar-refractivity contribution in [2.75, 3.05) is 4.90 Å². The highest BCUT2D eigenvalue weighted by Crippen LogP contribution is 2.57. The molecule has 0 N–H and O–H groups in total. The number of hydrogen-bond donors (Lipinski definition) is 0. The van der Waals surface area contributed by atoms with Crippen LogP contribution >= 0.6 is 0 Å². The molecule has 0 fully saturated rings. The number of nitrogens with zero attached hydrogens (tertiary/aromatic N) is 1. The van der Waals surface area contributed by atoms with Crippen molar-refractivity contribution >= 4 is 60.2 Å². The van der Waals surface area contributed by atoms with Crippen LogP contribution in [0.5, 0.6) is 0 Å². The van der Waals surface area contributed by atoms with E-state index in [9.17, 15) is 0 Å².